The van der Waals surface area contributed by atoms with Crippen molar-refractivity contribution >= 4 is 0 Å². The first-order valence-corrected chi connectivity index (χ1v) is 10.9. The number of allylic oxidation sites excluding steroid dienone is 2. The van der Waals surface area contributed by atoms with Gasteiger partial charge in [-0.1, -0.05) is 100 Å². The maximum atomic E-state index is 5.39. The van der Waals surface area contributed by atoms with Crippen LogP contribution in [-0.4, -0.2) is 19.8 Å². The number of hydrogen-bond acceptors (Lipinski definition) is 2. The summed E-state index contributed by atoms with van der Waals surface area (Å²) in [6.45, 7) is 2.24. The number of nitrogens with two attached hydrogens (primary N) is 1. The lowest BCUT2D eigenvalue weighted by molar-refractivity contribution is 0.137. The van der Waals surface area contributed by atoms with Gasteiger partial charge in [-0.3, -0.25) is 0 Å². The van der Waals surface area contributed by atoms with Gasteiger partial charge in [0.15, 0.2) is 0 Å². The summed E-state index contributed by atoms with van der Waals surface area (Å²) < 4.78 is 5.39. The normalized spacial score (nSPS) is 11.4. The molecule has 2 nitrogen and oxygen atoms in total. The van der Waals surface area contributed by atoms with Crippen molar-refractivity contribution in [1.29, 1.82) is 0 Å². The fourth-order valence-electron chi connectivity index (χ4n) is 3.19. The van der Waals surface area contributed by atoms with Gasteiger partial charge < -0.3 is 10.5 Å². The van der Waals surface area contributed by atoms with E-state index in [1.165, 1.54) is 82.6 Å². The van der Waals surface area contributed by atoms with Crippen LogP contribution >= 0.6 is 0 Å². The van der Waals surface area contributed by atoms with Crippen LogP contribution in [0.1, 0.15) is 82.6 Å². The largest absolute Gasteiger partial charge is 0.380 e. The Kier molecular flexibility index (Phi) is 16.5. The molecule has 0 saturated heterocycles. The van der Waals surface area contributed by atoms with E-state index in [1.54, 1.807) is 0 Å². The Balaban J connectivity index is 1.73. The van der Waals surface area contributed by atoms with E-state index in [-0.39, 0.29) is 0 Å². The molecule has 26 heavy (non-hydrogen) atoms. The second-order valence-electron chi connectivity index (χ2n) is 7.24. The molecule has 0 bridgehead atoms. The summed E-state index contributed by atoms with van der Waals surface area (Å²) in [5.41, 5.74) is 6.79. The molecule has 0 atom stereocenters. The molecule has 0 aromatic heterocycles. The molecule has 0 heterocycles. The first kappa shape index (κ1) is 22.9. The van der Waals surface area contributed by atoms with Crippen molar-refractivity contribution < 1.29 is 4.74 Å². The van der Waals surface area contributed by atoms with E-state index < -0.39 is 0 Å². The minimum atomic E-state index is 0.644. The van der Waals surface area contributed by atoms with Gasteiger partial charge in [0, 0.05) is 13.2 Å². The molecule has 0 amide bonds. The molecule has 0 fully saturated rings. The topological polar surface area (TPSA) is 35.2 Å². The highest BCUT2D eigenvalue weighted by atomic mass is 16.5. The number of benzene rings is 1. The van der Waals surface area contributed by atoms with E-state index in [0.717, 1.165) is 13.0 Å². The van der Waals surface area contributed by atoms with Crippen LogP contribution in [-0.2, 0) is 11.2 Å². The lowest BCUT2D eigenvalue weighted by atomic mass is 10.0. The Hall–Kier alpha value is -1.12. The zero-order valence-corrected chi connectivity index (χ0v) is 16.8. The maximum absolute atomic E-state index is 5.39. The predicted molar refractivity (Wildman–Crippen MR) is 115 cm³/mol. The number of ether oxygens (including phenoxy) is 1. The molecule has 0 unspecified atom stereocenters. The van der Waals surface area contributed by atoms with E-state index in [2.05, 4.69) is 42.5 Å². The Bertz CT molecular complexity index is 415. The van der Waals surface area contributed by atoms with Gasteiger partial charge in [0.05, 0.1) is 6.61 Å². The summed E-state index contributed by atoms with van der Waals surface area (Å²) >= 11 is 0. The average Bonchev–Trinajstić information content (AvgIpc) is 2.68. The highest BCUT2D eigenvalue weighted by Crippen LogP contribution is 2.12. The highest BCUT2D eigenvalue weighted by molar-refractivity contribution is 5.17. The van der Waals surface area contributed by atoms with Crippen LogP contribution in [0, 0.1) is 0 Å². The predicted octanol–water partition coefficient (Wildman–Crippen LogP) is 6.44. The molecule has 2 heteroatoms. The fraction of sp³-hybridized carbons (Fsp3) is 0.667. The molecule has 0 radical (unpaired) electrons. The van der Waals surface area contributed by atoms with Crippen molar-refractivity contribution in [3.05, 3.63) is 48.0 Å². The van der Waals surface area contributed by atoms with Gasteiger partial charge in [-0.25, -0.2) is 0 Å². The summed E-state index contributed by atoms with van der Waals surface area (Å²) in [6, 6.07) is 10.7. The molecule has 1 rings (SSSR count). The van der Waals surface area contributed by atoms with Crippen molar-refractivity contribution in [2.75, 3.05) is 19.8 Å². The maximum Gasteiger partial charge on any atom is 0.0588 e. The van der Waals surface area contributed by atoms with Gasteiger partial charge in [-0.05, 0) is 31.2 Å². The van der Waals surface area contributed by atoms with Crippen molar-refractivity contribution in [3.63, 3.8) is 0 Å². The van der Waals surface area contributed by atoms with E-state index in [4.69, 9.17) is 10.5 Å². The van der Waals surface area contributed by atoms with Gasteiger partial charge in [0.1, 0.15) is 0 Å². The van der Waals surface area contributed by atoms with Gasteiger partial charge in [0.25, 0.3) is 0 Å². The first-order chi connectivity index (χ1) is 12.9. The van der Waals surface area contributed by atoms with E-state index >= 15 is 0 Å². The highest BCUT2D eigenvalue weighted by Gasteiger charge is 1.94. The zero-order valence-electron chi connectivity index (χ0n) is 16.8. The molecule has 0 saturated carbocycles. The summed E-state index contributed by atoms with van der Waals surface area (Å²) in [5.74, 6) is 0. The Morgan fingerprint density at radius 1 is 0.654 bits per heavy atom. The molecule has 0 aliphatic heterocycles. The van der Waals surface area contributed by atoms with E-state index in [9.17, 15) is 0 Å². The monoisotopic (exact) mass is 359 g/mol. The Morgan fingerprint density at radius 3 is 1.85 bits per heavy atom. The second kappa shape index (κ2) is 18.7. The van der Waals surface area contributed by atoms with Crippen molar-refractivity contribution in [2.24, 2.45) is 5.73 Å². The third-order valence-electron chi connectivity index (χ3n) is 4.78. The van der Waals surface area contributed by atoms with Crippen molar-refractivity contribution in [3.8, 4) is 0 Å². The van der Waals surface area contributed by atoms with Gasteiger partial charge >= 0.3 is 0 Å². The van der Waals surface area contributed by atoms with Crippen molar-refractivity contribution in [2.45, 2.75) is 83.5 Å². The summed E-state index contributed by atoms with van der Waals surface area (Å²) in [5, 5.41) is 0. The molecule has 1 aromatic rings. The van der Waals surface area contributed by atoms with Crippen LogP contribution in [0.3, 0.4) is 0 Å². The summed E-state index contributed by atoms with van der Waals surface area (Å²) in [7, 11) is 0. The van der Waals surface area contributed by atoms with Crippen LogP contribution in [0.4, 0.5) is 0 Å². The Morgan fingerprint density at radius 2 is 1.23 bits per heavy atom. The molecule has 2 N–H and O–H groups in total. The van der Waals surface area contributed by atoms with Gasteiger partial charge in [-0.15, -0.1) is 0 Å². The number of rotatable bonds is 18. The first-order valence-electron chi connectivity index (χ1n) is 10.9. The summed E-state index contributed by atoms with van der Waals surface area (Å²) in [6.07, 6.45) is 22.0. The minimum Gasteiger partial charge on any atom is -0.380 e. The second-order valence-corrected chi connectivity index (χ2v) is 7.24. The van der Waals surface area contributed by atoms with Gasteiger partial charge in [0.2, 0.25) is 0 Å². The average molecular weight is 360 g/mol. The Labute approximate surface area is 162 Å². The smallest absolute Gasteiger partial charge is 0.0588 e. The summed E-state index contributed by atoms with van der Waals surface area (Å²) in [4.78, 5) is 0. The molecule has 0 spiro atoms. The molecular weight excluding hydrogens is 318 g/mol. The number of unbranched alkanes of at least 4 members (excludes halogenated alkanes) is 11. The molecule has 0 aliphatic carbocycles. The lowest BCUT2D eigenvalue weighted by Gasteiger charge is -2.03. The molecule has 0 aliphatic rings. The third-order valence-corrected chi connectivity index (χ3v) is 4.78. The standard InChI is InChI=1S/C24H41NO/c25-21-23-26-22-17-12-10-8-6-4-2-1-3-5-7-9-11-14-18-24-19-15-13-16-20-24/h11,13-16,19-20H,1-10,12,17-18,21-23,25H2/b14-11+. The fourth-order valence-corrected chi connectivity index (χ4v) is 3.19. The molecule has 148 valence electrons. The van der Waals surface area contributed by atoms with E-state index in [1.807, 2.05) is 0 Å². The van der Waals surface area contributed by atoms with Crippen LogP contribution in [0.5, 0.6) is 0 Å². The van der Waals surface area contributed by atoms with Crippen molar-refractivity contribution in [1.82, 2.24) is 0 Å². The van der Waals surface area contributed by atoms with Gasteiger partial charge in [-0.2, -0.15) is 0 Å². The van der Waals surface area contributed by atoms with Crippen LogP contribution < -0.4 is 5.73 Å². The SMILES string of the molecule is NCCOCCCCCCCCCCCCC/C=C/Cc1ccccc1. The van der Waals surface area contributed by atoms with E-state index in [0.29, 0.717) is 13.2 Å². The zero-order chi connectivity index (χ0) is 18.5. The van der Waals surface area contributed by atoms with Crippen LogP contribution in [0.2, 0.25) is 0 Å². The third kappa shape index (κ3) is 15.2. The minimum absolute atomic E-state index is 0.644. The van der Waals surface area contributed by atoms with Crippen LogP contribution in [0.15, 0.2) is 42.5 Å². The molecule has 1 aromatic carbocycles. The van der Waals surface area contributed by atoms with Crippen LogP contribution in [0.25, 0.3) is 0 Å². The number of hydrogen-bond donors (Lipinski definition) is 1. The molecular formula is C24H41NO. The lowest BCUT2D eigenvalue weighted by Crippen LogP contribution is -2.08. The quantitative estimate of drug-likeness (QED) is 0.242.